The molecule has 0 atom stereocenters. The lowest BCUT2D eigenvalue weighted by Gasteiger charge is -2.31. The standard InChI is InChI=1S/C23H31N5O2/c1-17(2)14-27(15-21-7-6-12-26(21)5)22(29)16-28(18(3)4)23(30)25-20-10-8-19(13-24)9-11-20/h6-12,17-18H,14-16H2,1-5H3,(H,25,30). The number of carbonyl (C=O) groups is 2. The predicted octanol–water partition coefficient (Wildman–Crippen LogP) is 3.82. The summed E-state index contributed by atoms with van der Waals surface area (Å²) < 4.78 is 2.00. The molecule has 0 radical (unpaired) electrons. The number of urea groups is 1. The smallest absolute Gasteiger partial charge is 0.322 e. The molecule has 1 aromatic carbocycles. The van der Waals surface area contributed by atoms with Gasteiger partial charge in [-0.2, -0.15) is 5.26 Å². The summed E-state index contributed by atoms with van der Waals surface area (Å²) in [5.74, 6) is 0.225. The molecule has 1 N–H and O–H groups in total. The SMILES string of the molecule is CC(C)CN(Cc1cccn1C)C(=O)CN(C(=O)Nc1ccc(C#N)cc1)C(C)C. The third-order valence-electron chi connectivity index (χ3n) is 4.80. The molecule has 0 bridgehead atoms. The highest BCUT2D eigenvalue weighted by Crippen LogP contribution is 2.13. The number of carbonyl (C=O) groups excluding carboxylic acids is 2. The topological polar surface area (TPSA) is 81.4 Å². The molecule has 7 nitrogen and oxygen atoms in total. The van der Waals surface area contributed by atoms with Crippen molar-refractivity contribution in [1.82, 2.24) is 14.4 Å². The van der Waals surface area contributed by atoms with Crippen molar-refractivity contribution in [3.63, 3.8) is 0 Å². The number of hydrogen-bond donors (Lipinski definition) is 1. The molecule has 0 fully saturated rings. The summed E-state index contributed by atoms with van der Waals surface area (Å²) in [7, 11) is 1.96. The van der Waals surface area contributed by atoms with Crippen LogP contribution < -0.4 is 5.32 Å². The number of rotatable bonds is 8. The maximum Gasteiger partial charge on any atom is 0.322 e. The molecule has 0 aliphatic rings. The number of amides is 3. The van der Waals surface area contributed by atoms with Crippen molar-refractivity contribution in [2.24, 2.45) is 13.0 Å². The van der Waals surface area contributed by atoms with Crippen molar-refractivity contribution < 1.29 is 9.59 Å². The van der Waals surface area contributed by atoms with E-state index in [1.165, 1.54) is 4.90 Å². The summed E-state index contributed by atoms with van der Waals surface area (Å²) in [6.45, 7) is 9.03. The second-order valence-corrected chi connectivity index (χ2v) is 8.12. The summed E-state index contributed by atoms with van der Waals surface area (Å²) in [5, 5.41) is 11.7. The second-order valence-electron chi connectivity index (χ2n) is 8.12. The number of nitrogens with one attached hydrogen (secondary N) is 1. The normalized spacial score (nSPS) is 10.7. The molecule has 2 rings (SSSR count). The lowest BCUT2D eigenvalue weighted by atomic mass is 10.2. The van der Waals surface area contributed by atoms with Crippen LogP contribution in [0, 0.1) is 17.2 Å². The van der Waals surface area contributed by atoms with Crippen molar-refractivity contribution in [1.29, 1.82) is 5.26 Å². The molecular formula is C23H31N5O2. The highest BCUT2D eigenvalue weighted by atomic mass is 16.2. The number of nitrogens with zero attached hydrogens (tertiary/aromatic N) is 4. The van der Waals surface area contributed by atoms with Gasteiger partial charge in [-0.1, -0.05) is 13.8 Å². The van der Waals surface area contributed by atoms with Gasteiger partial charge in [-0.05, 0) is 56.2 Å². The van der Waals surface area contributed by atoms with Crippen LogP contribution >= 0.6 is 0 Å². The minimum absolute atomic E-state index is 0.00305. The Morgan fingerprint density at radius 3 is 2.30 bits per heavy atom. The van der Waals surface area contributed by atoms with Gasteiger partial charge in [0.2, 0.25) is 5.91 Å². The first-order chi connectivity index (χ1) is 14.2. The van der Waals surface area contributed by atoms with E-state index in [4.69, 9.17) is 5.26 Å². The molecule has 30 heavy (non-hydrogen) atoms. The first kappa shape index (κ1) is 23.0. The average molecular weight is 410 g/mol. The number of nitriles is 1. The first-order valence-electron chi connectivity index (χ1n) is 10.2. The second kappa shape index (κ2) is 10.5. The molecule has 0 saturated heterocycles. The van der Waals surface area contributed by atoms with Crippen LogP contribution in [0.4, 0.5) is 10.5 Å². The quantitative estimate of drug-likeness (QED) is 0.719. The zero-order valence-corrected chi connectivity index (χ0v) is 18.4. The molecule has 1 heterocycles. The van der Waals surface area contributed by atoms with E-state index in [0.29, 0.717) is 30.3 Å². The Kier molecular flexibility index (Phi) is 8.05. The largest absolute Gasteiger partial charge is 0.353 e. The Bertz CT molecular complexity index is 893. The van der Waals surface area contributed by atoms with E-state index in [1.807, 2.05) is 54.8 Å². The summed E-state index contributed by atoms with van der Waals surface area (Å²) in [6.07, 6.45) is 1.96. The summed E-state index contributed by atoms with van der Waals surface area (Å²) in [4.78, 5) is 29.3. The minimum Gasteiger partial charge on any atom is -0.353 e. The van der Waals surface area contributed by atoms with Gasteiger partial charge < -0.3 is 19.7 Å². The maximum atomic E-state index is 13.1. The fraction of sp³-hybridized carbons (Fsp3) is 0.435. The number of hydrogen-bond acceptors (Lipinski definition) is 3. The van der Waals surface area contributed by atoms with Crippen LogP contribution in [0.2, 0.25) is 0 Å². The first-order valence-corrected chi connectivity index (χ1v) is 10.2. The molecule has 0 spiro atoms. The Morgan fingerprint density at radius 1 is 1.13 bits per heavy atom. The van der Waals surface area contributed by atoms with E-state index < -0.39 is 0 Å². The van der Waals surface area contributed by atoms with E-state index in [0.717, 1.165) is 5.69 Å². The fourth-order valence-electron chi connectivity index (χ4n) is 3.11. The predicted molar refractivity (Wildman–Crippen MR) is 118 cm³/mol. The number of benzene rings is 1. The third kappa shape index (κ3) is 6.38. The van der Waals surface area contributed by atoms with Crippen molar-refractivity contribution in [3.05, 3.63) is 53.9 Å². The van der Waals surface area contributed by atoms with Gasteiger partial charge in [0.25, 0.3) is 0 Å². The van der Waals surface area contributed by atoms with E-state index in [9.17, 15) is 9.59 Å². The van der Waals surface area contributed by atoms with E-state index >= 15 is 0 Å². The van der Waals surface area contributed by atoms with Crippen LogP contribution in [0.5, 0.6) is 0 Å². The van der Waals surface area contributed by atoms with Crippen LogP contribution in [0.3, 0.4) is 0 Å². The minimum atomic E-state index is -0.341. The van der Waals surface area contributed by atoms with Crippen molar-refractivity contribution in [3.8, 4) is 6.07 Å². The Hall–Kier alpha value is -3.27. The van der Waals surface area contributed by atoms with Crippen molar-refractivity contribution in [2.45, 2.75) is 40.3 Å². The summed E-state index contributed by atoms with van der Waals surface area (Å²) in [6, 6.07) is 12.2. The summed E-state index contributed by atoms with van der Waals surface area (Å²) >= 11 is 0. The Balaban J connectivity index is 2.11. The van der Waals surface area contributed by atoms with E-state index in [1.54, 1.807) is 24.3 Å². The molecule has 0 aliphatic heterocycles. The zero-order valence-electron chi connectivity index (χ0n) is 18.4. The third-order valence-corrected chi connectivity index (χ3v) is 4.80. The molecule has 3 amide bonds. The highest BCUT2D eigenvalue weighted by molar-refractivity contribution is 5.92. The molecule has 1 aromatic heterocycles. The van der Waals surface area contributed by atoms with Crippen LogP contribution in [-0.2, 0) is 18.4 Å². The average Bonchev–Trinajstić information content (AvgIpc) is 3.09. The molecule has 7 heteroatoms. The van der Waals surface area contributed by atoms with Gasteiger partial charge in [-0.25, -0.2) is 4.79 Å². The van der Waals surface area contributed by atoms with Gasteiger partial charge >= 0.3 is 6.03 Å². The lowest BCUT2D eigenvalue weighted by Crippen LogP contribution is -2.48. The lowest BCUT2D eigenvalue weighted by molar-refractivity contribution is -0.133. The molecule has 160 valence electrons. The van der Waals surface area contributed by atoms with Gasteiger partial charge in [0, 0.05) is 37.2 Å². The van der Waals surface area contributed by atoms with Gasteiger partial charge in [0.15, 0.2) is 0 Å². The summed E-state index contributed by atoms with van der Waals surface area (Å²) in [5.41, 5.74) is 2.15. The van der Waals surface area contributed by atoms with Gasteiger partial charge in [-0.15, -0.1) is 0 Å². The molecule has 2 aromatic rings. The number of aromatic nitrogens is 1. The Morgan fingerprint density at radius 2 is 1.80 bits per heavy atom. The van der Waals surface area contributed by atoms with Crippen LogP contribution in [-0.4, -0.2) is 45.4 Å². The Labute approximate surface area is 178 Å². The fourth-order valence-corrected chi connectivity index (χ4v) is 3.11. The van der Waals surface area contributed by atoms with Crippen LogP contribution in [0.1, 0.15) is 39.0 Å². The maximum absolute atomic E-state index is 13.1. The molecular weight excluding hydrogens is 378 g/mol. The van der Waals surface area contributed by atoms with Crippen LogP contribution in [0.15, 0.2) is 42.6 Å². The highest BCUT2D eigenvalue weighted by Gasteiger charge is 2.24. The van der Waals surface area contributed by atoms with Gasteiger partial charge in [0.1, 0.15) is 6.54 Å². The van der Waals surface area contributed by atoms with Gasteiger partial charge in [-0.3, -0.25) is 4.79 Å². The van der Waals surface area contributed by atoms with Gasteiger partial charge in [0.05, 0.1) is 18.2 Å². The molecule has 0 aliphatic carbocycles. The van der Waals surface area contributed by atoms with Crippen molar-refractivity contribution >= 4 is 17.6 Å². The molecule has 0 unspecified atom stereocenters. The van der Waals surface area contributed by atoms with E-state index in [-0.39, 0.29) is 24.5 Å². The van der Waals surface area contributed by atoms with Crippen molar-refractivity contribution in [2.75, 3.05) is 18.4 Å². The van der Waals surface area contributed by atoms with E-state index in [2.05, 4.69) is 19.2 Å². The number of anilines is 1. The zero-order chi connectivity index (χ0) is 22.3. The van der Waals surface area contributed by atoms with Crippen LogP contribution in [0.25, 0.3) is 0 Å². The molecule has 0 saturated carbocycles. The monoisotopic (exact) mass is 409 g/mol. The number of aryl methyl sites for hydroxylation is 1.